The average molecular weight is 259 g/mol. The number of nitrogens with zero attached hydrogens (tertiary/aromatic N) is 4. The van der Waals surface area contributed by atoms with E-state index in [1.165, 1.54) is 19.2 Å². The Morgan fingerprint density at radius 2 is 2.26 bits per heavy atom. The topological polar surface area (TPSA) is 64.9 Å². The zero-order valence-electron chi connectivity index (χ0n) is 10.9. The van der Waals surface area contributed by atoms with Crippen LogP contribution in [0.4, 0.5) is 0 Å². The molecule has 0 amide bonds. The Kier molecular flexibility index (Phi) is 3.41. The van der Waals surface area contributed by atoms with Crippen LogP contribution in [0.25, 0.3) is 0 Å². The van der Waals surface area contributed by atoms with Crippen molar-refractivity contribution in [2.75, 3.05) is 0 Å². The van der Waals surface area contributed by atoms with Gasteiger partial charge >= 0.3 is 0 Å². The maximum atomic E-state index is 5.62. The SMILES string of the molecule is Cn1ncnc1COc1ccc(CNC2CC2)nc1. The molecular weight excluding hydrogens is 242 g/mol. The molecule has 19 heavy (non-hydrogen) atoms. The van der Waals surface area contributed by atoms with Gasteiger partial charge in [-0.15, -0.1) is 0 Å². The number of aryl methyl sites for hydroxylation is 1. The van der Waals surface area contributed by atoms with Gasteiger partial charge in [-0.1, -0.05) is 0 Å². The maximum Gasteiger partial charge on any atom is 0.164 e. The molecule has 0 atom stereocenters. The summed E-state index contributed by atoms with van der Waals surface area (Å²) in [5, 5.41) is 7.42. The molecule has 6 nitrogen and oxygen atoms in total. The van der Waals surface area contributed by atoms with Gasteiger partial charge in [-0.3, -0.25) is 9.67 Å². The van der Waals surface area contributed by atoms with E-state index in [-0.39, 0.29) is 0 Å². The maximum absolute atomic E-state index is 5.62. The van der Waals surface area contributed by atoms with Gasteiger partial charge in [0.25, 0.3) is 0 Å². The molecule has 0 bridgehead atoms. The second-order valence-corrected chi connectivity index (χ2v) is 4.73. The average Bonchev–Trinajstić information content (AvgIpc) is 3.18. The van der Waals surface area contributed by atoms with Gasteiger partial charge in [-0.25, -0.2) is 4.98 Å². The number of hydrogen-bond acceptors (Lipinski definition) is 5. The van der Waals surface area contributed by atoms with Gasteiger partial charge < -0.3 is 10.1 Å². The summed E-state index contributed by atoms with van der Waals surface area (Å²) in [4.78, 5) is 8.47. The second kappa shape index (κ2) is 5.36. The van der Waals surface area contributed by atoms with E-state index in [9.17, 15) is 0 Å². The molecule has 0 radical (unpaired) electrons. The predicted molar refractivity (Wildman–Crippen MR) is 69.4 cm³/mol. The zero-order chi connectivity index (χ0) is 13.1. The van der Waals surface area contributed by atoms with Crippen LogP contribution in [0.2, 0.25) is 0 Å². The summed E-state index contributed by atoms with van der Waals surface area (Å²) in [6.07, 6.45) is 5.85. The van der Waals surface area contributed by atoms with Crippen LogP contribution in [0.15, 0.2) is 24.7 Å². The van der Waals surface area contributed by atoms with Crippen molar-refractivity contribution >= 4 is 0 Å². The van der Waals surface area contributed by atoms with Crippen LogP contribution in [0, 0.1) is 0 Å². The van der Waals surface area contributed by atoms with Crippen molar-refractivity contribution in [2.45, 2.75) is 32.0 Å². The Labute approximate surface area is 111 Å². The Hall–Kier alpha value is -1.95. The summed E-state index contributed by atoms with van der Waals surface area (Å²) in [5.74, 6) is 1.54. The minimum Gasteiger partial charge on any atom is -0.484 e. The highest BCUT2D eigenvalue weighted by Gasteiger charge is 2.20. The molecule has 3 rings (SSSR count). The largest absolute Gasteiger partial charge is 0.484 e. The van der Waals surface area contributed by atoms with Gasteiger partial charge in [0.2, 0.25) is 0 Å². The van der Waals surface area contributed by atoms with E-state index >= 15 is 0 Å². The molecule has 2 aromatic rings. The number of rotatable bonds is 6. The van der Waals surface area contributed by atoms with Gasteiger partial charge in [0.05, 0.1) is 11.9 Å². The molecule has 2 aromatic heterocycles. The Bertz CT molecular complexity index is 532. The van der Waals surface area contributed by atoms with Crippen molar-refractivity contribution in [3.05, 3.63) is 36.2 Å². The van der Waals surface area contributed by atoms with E-state index in [0.717, 1.165) is 23.8 Å². The first kappa shape index (κ1) is 12.1. The molecule has 1 aliphatic carbocycles. The summed E-state index contributed by atoms with van der Waals surface area (Å²) in [5.41, 5.74) is 1.04. The van der Waals surface area contributed by atoms with E-state index in [1.807, 2.05) is 19.2 Å². The van der Waals surface area contributed by atoms with Gasteiger partial charge in [0.15, 0.2) is 5.82 Å². The van der Waals surface area contributed by atoms with Crippen LogP contribution in [0.5, 0.6) is 5.75 Å². The van der Waals surface area contributed by atoms with E-state index in [1.54, 1.807) is 10.9 Å². The standard InChI is InChI=1S/C13H17N5O/c1-18-13(16-9-17-18)8-19-12-5-4-11(15-7-12)6-14-10-2-3-10/h4-5,7,9-10,14H,2-3,6,8H2,1H3. The van der Waals surface area contributed by atoms with Gasteiger partial charge in [0.1, 0.15) is 18.7 Å². The Morgan fingerprint density at radius 3 is 2.89 bits per heavy atom. The van der Waals surface area contributed by atoms with E-state index in [4.69, 9.17) is 4.74 Å². The molecular formula is C13H17N5O. The first-order chi connectivity index (χ1) is 9.31. The number of ether oxygens (including phenoxy) is 1. The number of hydrogen-bond donors (Lipinski definition) is 1. The Balaban J connectivity index is 1.52. The highest BCUT2D eigenvalue weighted by molar-refractivity contribution is 5.20. The third-order valence-corrected chi connectivity index (χ3v) is 3.12. The summed E-state index contributed by atoms with van der Waals surface area (Å²) in [7, 11) is 1.84. The lowest BCUT2D eigenvalue weighted by molar-refractivity contribution is 0.288. The molecule has 1 fully saturated rings. The molecule has 2 heterocycles. The fourth-order valence-corrected chi connectivity index (χ4v) is 1.74. The van der Waals surface area contributed by atoms with Gasteiger partial charge in [0, 0.05) is 19.6 Å². The van der Waals surface area contributed by atoms with Crippen molar-refractivity contribution in [1.82, 2.24) is 25.1 Å². The molecule has 0 aromatic carbocycles. The molecule has 0 saturated heterocycles. The lowest BCUT2D eigenvalue weighted by Gasteiger charge is -2.06. The monoisotopic (exact) mass is 259 g/mol. The smallest absolute Gasteiger partial charge is 0.164 e. The third-order valence-electron chi connectivity index (χ3n) is 3.12. The van der Waals surface area contributed by atoms with Crippen LogP contribution in [0.3, 0.4) is 0 Å². The van der Waals surface area contributed by atoms with Crippen LogP contribution in [0.1, 0.15) is 24.4 Å². The predicted octanol–water partition coefficient (Wildman–Crippen LogP) is 1.04. The molecule has 1 aliphatic rings. The van der Waals surface area contributed by atoms with Crippen LogP contribution >= 0.6 is 0 Å². The summed E-state index contributed by atoms with van der Waals surface area (Å²) in [6.45, 7) is 1.23. The third kappa shape index (κ3) is 3.29. The molecule has 1 saturated carbocycles. The molecule has 100 valence electrons. The van der Waals surface area contributed by atoms with Crippen molar-refractivity contribution in [3.63, 3.8) is 0 Å². The van der Waals surface area contributed by atoms with E-state index < -0.39 is 0 Å². The molecule has 0 unspecified atom stereocenters. The summed E-state index contributed by atoms with van der Waals surface area (Å²) >= 11 is 0. The molecule has 0 aliphatic heterocycles. The minimum atomic E-state index is 0.401. The highest BCUT2D eigenvalue weighted by Crippen LogP contribution is 2.19. The summed E-state index contributed by atoms with van der Waals surface area (Å²) in [6, 6.07) is 4.63. The fourth-order valence-electron chi connectivity index (χ4n) is 1.74. The van der Waals surface area contributed by atoms with Crippen LogP contribution < -0.4 is 10.1 Å². The zero-order valence-corrected chi connectivity index (χ0v) is 10.9. The minimum absolute atomic E-state index is 0.401. The molecule has 6 heteroatoms. The van der Waals surface area contributed by atoms with Crippen molar-refractivity contribution in [1.29, 1.82) is 0 Å². The lowest BCUT2D eigenvalue weighted by Crippen LogP contribution is -2.16. The van der Waals surface area contributed by atoms with Crippen molar-refractivity contribution in [3.8, 4) is 5.75 Å². The lowest BCUT2D eigenvalue weighted by atomic mass is 10.3. The van der Waals surface area contributed by atoms with E-state index in [0.29, 0.717) is 12.6 Å². The highest BCUT2D eigenvalue weighted by atomic mass is 16.5. The van der Waals surface area contributed by atoms with Crippen LogP contribution in [-0.4, -0.2) is 25.8 Å². The normalized spacial score (nSPS) is 14.6. The fraction of sp³-hybridized carbons (Fsp3) is 0.462. The summed E-state index contributed by atoms with van der Waals surface area (Å²) < 4.78 is 7.31. The molecule has 0 spiro atoms. The van der Waals surface area contributed by atoms with Gasteiger partial charge in [-0.05, 0) is 25.0 Å². The van der Waals surface area contributed by atoms with Gasteiger partial charge in [-0.2, -0.15) is 5.10 Å². The quantitative estimate of drug-likeness (QED) is 0.839. The number of pyridine rings is 1. The molecule has 1 N–H and O–H groups in total. The first-order valence-corrected chi connectivity index (χ1v) is 6.45. The van der Waals surface area contributed by atoms with E-state index in [2.05, 4.69) is 20.4 Å². The van der Waals surface area contributed by atoms with Crippen LogP contribution in [-0.2, 0) is 20.2 Å². The Morgan fingerprint density at radius 1 is 1.37 bits per heavy atom. The van der Waals surface area contributed by atoms with Crippen molar-refractivity contribution < 1.29 is 4.74 Å². The second-order valence-electron chi connectivity index (χ2n) is 4.73. The number of aromatic nitrogens is 4. The van der Waals surface area contributed by atoms with Crippen molar-refractivity contribution in [2.24, 2.45) is 7.05 Å². The first-order valence-electron chi connectivity index (χ1n) is 6.45. The number of nitrogens with one attached hydrogen (secondary N) is 1.